The number of aromatic nitrogens is 7. The Morgan fingerprint density at radius 1 is 1.16 bits per heavy atom. The van der Waals surface area contributed by atoms with Crippen LogP contribution in [0.15, 0.2) is 45.7 Å². The molecular formula is C20H18BrN9O. The molecule has 0 aliphatic carbocycles. The van der Waals surface area contributed by atoms with Gasteiger partial charge in [-0.2, -0.15) is 14.6 Å². The van der Waals surface area contributed by atoms with Gasteiger partial charge in [-0.05, 0) is 39.7 Å². The number of fused-ring (bicyclic) bond motifs is 4. The second kappa shape index (κ2) is 7.13. The van der Waals surface area contributed by atoms with Crippen molar-refractivity contribution in [3.05, 3.63) is 52.6 Å². The minimum atomic E-state index is 0.261. The highest BCUT2D eigenvalue weighted by Gasteiger charge is 2.20. The van der Waals surface area contributed by atoms with Gasteiger partial charge in [0.05, 0.1) is 24.4 Å². The first-order chi connectivity index (χ1) is 15.2. The van der Waals surface area contributed by atoms with Crippen LogP contribution in [0.1, 0.15) is 11.3 Å². The van der Waals surface area contributed by atoms with Gasteiger partial charge in [-0.25, -0.2) is 9.67 Å². The molecule has 0 spiro atoms. The molecule has 0 atom stereocenters. The minimum Gasteiger partial charge on any atom is -0.461 e. The first kappa shape index (κ1) is 18.5. The summed E-state index contributed by atoms with van der Waals surface area (Å²) in [5.41, 5.74) is 9.94. The van der Waals surface area contributed by atoms with Gasteiger partial charge < -0.3 is 10.2 Å². The van der Waals surface area contributed by atoms with Gasteiger partial charge in [0, 0.05) is 42.4 Å². The van der Waals surface area contributed by atoms with Gasteiger partial charge in [0.25, 0.3) is 0 Å². The molecule has 0 amide bonds. The summed E-state index contributed by atoms with van der Waals surface area (Å²) in [4.78, 5) is 16.1. The highest BCUT2D eigenvalue weighted by atomic mass is 79.9. The van der Waals surface area contributed by atoms with Crippen LogP contribution in [-0.2, 0) is 19.5 Å². The number of nitrogens with two attached hydrogens (primary N) is 1. The fourth-order valence-corrected chi connectivity index (χ4v) is 4.39. The maximum atomic E-state index is 6.18. The standard InChI is InChI=1S/C20H18BrN9O/c21-13-8-12-11-28(4-3-15(12)23-9-13)5-6-29-18-14(10-24-29)19-25-17(16-2-1-7-31-16)27-30(19)20(22)26-18/h1-2,7-10H,3-6,11H2,(H2,22,26). The molecule has 0 radical (unpaired) electrons. The zero-order chi connectivity index (χ0) is 20.9. The van der Waals surface area contributed by atoms with Crippen molar-refractivity contribution in [3.63, 3.8) is 0 Å². The van der Waals surface area contributed by atoms with Gasteiger partial charge in [0.15, 0.2) is 17.1 Å². The van der Waals surface area contributed by atoms with E-state index in [-0.39, 0.29) is 5.95 Å². The second-order valence-electron chi connectivity index (χ2n) is 7.51. The average Bonchev–Trinajstić information content (AvgIpc) is 3.51. The summed E-state index contributed by atoms with van der Waals surface area (Å²) in [5.74, 6) is 1.30. The van der Waals surface area contributed by atoms with E-state index in [0.29, 0.717) is 29.4 Å². The van der Waals surface area contributed by atoms with Crippen molar-refractivity contribution in [1.29, 1.82) is 0 Å². The van der Waals surface area contributed by atoms with Crippen LogP contribution in [0.5, 0.6) is 0 Å². The van der Waals surface area contributed by atoms with Gasteiger partial charge in [0.1, 0.15) is 0 Å². The number of hydrogen-bond acceptors (Lipinski definition) is 8. The molecule has 0 fully saturated rings. The van der Waals surface area contributed by atoms with Crippen molar-refractivity contribution in [3.8, 4) is 11.6 Å². The Morgan fingerprint density at radius 2 is 2.10 bits per heavy atom. The maximum absolute atomic E-state index is 6.18. The quantitative estimate of drug-likeness (QED) is 0.417. The summed E-state index contributed by atoms with van der Waals surface area (Å²) in [6, 6.07) is 5.76. The third-order valence-corrected chi connectivity index (χ3v) is 5.99. The number of nitrogens with zero attached hydrogens (tertiary/aromatic N) is 8. The molecule has 0 bridgehead atoms. The third-order valence-electron chi connectivity index (χ3n) is 5.55. The van der Waals surface area contributed by atoms with Crippen LogP contribution >= 0.6 is 15.9 Å². The van der Waals surface area contributed by atoms with Crippen molar-refractivity contribution < 1.29 is 4.42 Å². The van der Waals surface area contributed by atoms with Crippen molar-refractivity contribution in [2.75, 3.05) is 18.8 Å². The van der Waals surface area contributed by atoms with Crippen molar-refractivity contribution in [2.45, 2.75) is 19.5 Å². The lowest BCUT2D eigenvalue weighted by atomic mass is 10.1. The minimum absolute atomic E-state index is 0.261. The number of hydrogen-bond donors (Lipinski definition) is 1. The molecule has 5 aromatic rings. The first-order valence-electron chi connectivity index (χ1n) is 9.93. The lowest BCUT2D eigenvalue weighted by Gasteiger charge is -2.28. The predicted molar refractivity (Wildman–Crippen MR) is 117 cm³/mol. The largest absolute Gasteiger partial charge is 0.461 e. The van der Waals surface area contributed by atoms with Crippen LogP contribution in [0.4, 0.5) is 5.95 Å². The Balaban J connectivity index is 1.28. The highest BCUT2D eigenvalue weighted by molar-refractivity contribution is 9.10. The first-order valence-corrected chi connectivity index (χ1v) is 10.7. The van der Waals surface area contributed by atoms with E-state index >= 15 is 0 Å². The number of rotatable bonds is 4. The Hall–Kier alpha value is -3.31. The monoisotopic (exact) mass is 479 g/mol. The van der Waals surface area contributed by atoms with Gasteiger partial charge >= 0.3 is 0 Å². The topological polar surface area (TPSA) is 116 Å². The molecule has 11 heteroatoms. The number of furan rings is 1. The van der Waals surface area contributed by atoms with Crippen molar-refractivity contribution >= 4 is 38.6 Å². The van der Waals surface area contributed by atoms with Gasteiger partial charge in [0.2, 0.25) is 11.8 Å². The molecule has 0 unspecified atom stereocenters. The van der Waals surface area contributed by atoms with E-state index in [1.54, 1.807) is 18.5 Å². The average molecular weight is 480 g/mol. The van der Waals surface area contributed by atoms with Crippen LogP contribution in [0.25, 0.3) is 28.3 Å². The van der Waals surface area contributed by atoms with Crippen LogP contribution in [0, 0.1) is 0 Å². The van der Waals surface area contributed by atoms with E-state index in [4.69, 9.17) is 10.2 Å². The van der Waals surface area contributed by atoms with E-state index in [2.05, 4.69) is 52.0 Å². The zero-order valence-corrected chi connectivity index (χ0v) is 18.0. The summed E-state index contributed by atoms with van der Waals surface area (Å²) in [5, 5.41) is 9.78. The second-order valence-corrected chi connectivity index (χ2v) is 8.42. The molecular weight excluding hydrogens is 462 g/mol. The number of halogens is 1. The van der Waals surface area contributed by atoms with Crippen LogP contribution in [-0.4, -0.2) is 52.3 Å². The summed E-state index contributed by atoms with van der Waals surface area (Å²) in [6.07, 6.45) is 6.17. The zero-order valence-electron chi connectivity index (χ0n) is 16.4. The normalized spacial score (nSPS) is 14.5. The van der Waals surface area contributed by atoms with Gasteiger partial charge in [-0.1, -0.05) is 0 Å². The molecule has 10 nitrogen and oxygen atoms in total. The molecule has 156 valence electrons. The van der Waals surface area contributed by atoms with Crippen LogP contribution in [0.3, 0.4) is 0 Å². The molecule has 5 aromatic heterocycles. The van der Waals surface area contributed by atoms with E-state index in [1.165, 1.54) is 15.8 Å². The van der Waals surface area contributed by atoms with E-state index in [0.717, 1.165) is 35.9 Å². The lowest BCUT2D eigenvalue weighted by molar-refractivity contribution is 0.239. The van der Waals surface area contributed by atoms with Crippen molar-refractivity contribution in [1.82, 2.24) is 39.2 Å². The Kier molecular flexibility index (Phi) is 4.25. The molecule has 1 aliphatic heterocycles. The van der Waals surface area contributed by atoms with E-state index < -0.39 is 0 Å². The Morgan fingerprint density at radius 3 is 2.97 bits per heavy atom. The smallest absolute Gasteiger partial charge is 0.225 e. The predicted octanol–water partition coefficient (Wildman–Crippen LogP) is 2.53. The van der Waals surface area contributed by atoms with Crippen molar-refractivity contribution in [2.24, 2.45) is 0 Å². The molecule has 31 heavy (non-hydrogen) atoms. The third kappa shape index (κ3) is 3.17. The molecule has 1 aliphatic rings. The summed E-state index contributed by atoms with van der Waals surface area (Å²) in [7, 11) is 0. The molecule has 0 aromatic carbocycles. The highest BCUT2D eigenvalue weighted by Crippen LogP contribution is 2.24. The summed E-state index contributed by atoms with van der Waals surface area (Å²) >= 11 is 3.51. The van der Waals surface area contributed by atoms with Crippen LogP contribution in [0.2, 0.25) is 0 Å². The van der Waals surface area contributed by atoms with Gasteiger partial charge in [-0.15, -0.1) is 5.10 Å². The van der Waals surface area contributed by atoms with E-state index in [1.807, 2.05) is 16.9 Å². The summed E-state index contributed by atoms with van der Waals surface area (Å²) < 4.78 is 9.83. The molecule has 6 rings (SSSR count). The SMILES string of the molecule is Nc1nc2c(cnn2CCN2CCc3ncc(Br)cc3C2)c2nc(-c3ccco3)nn12. The molecule has 6 heterocycles. The summed E-state index contributed by atoms with van der Waals surface area (Å²) in [6.45, 7) is 3.39. The molecule has 0 saturated carbocycles. The fourth-order valence-electron chi connectivity index (χ4n) is 4.01. The Labute approximate surface area is 184 Å². The maximum Gasteiger partial charge on any atom is 0.225 e. The molecule has 0 saturated heterocycles. The Bertz CT molecular complexity index is 1410. The number of pyridine rings is 1. The lowest BCUT2D eigenvalue weighted by Crippen LogP contribution is -2.33. The number of anilines is 1. The fraction of sp³-hybridized carbons (Fsp3) is 0.250. The van der Waals surface area contributed by atoms with Gasteiger partial charge in [-0.3, -0.25) is 9.88 Å². The molecule has 2 N–H and O–H groups in total. The van der Waals surface area contributed by atoms with Crippen LogP contribution < -0.4 is 5.73 Å². The number of nitrogen functional groups attached to an aromatic ring is 1. The van der Waals surface area contributed by atoms with E-state index in [9.17, 15) is 0 Å².